The summed E-state index contributed by atoms with van der Waals surface area (Å²) in [6.45, 7) is 0.106. The zero-order valence-corrected chi connectivity index (χ0v) is 11.8. The van der Waals surface area contributed by atoms with Crippen LogP contribution in [0.5, 0.6) is 11.5 Å². The Labute approximate surface area is 116 Å². The summed E-state index contributed by atoms with van der Waals surface area (Å²) >= 11 is 3.21. The van der Waals surface area contributed by atoms with Gasteiger partial charge >= 0.3 is 0 Å². The Bertz CT molecular complexity index is 603. The quantitative estimate of drug-likeness (QED) is 0.923. The Balaban J connectivity index is 2.62. The van der Waals surface area contributed by atoms with E-state index in [-0.39, 0.29) is 29.8 Å². The number of methoxy groups -OCH3 is 2. The second-order valence-electron chi connectivity index (χ2n) is 3.50. The highest BCUT2D eigenvalue weighted by Gasteiger charge is 2.22. The number of benzene rings is 1. The van der Waals surface area contributed by atoms with Crippen molar-refractivity contribution in [1.29, 1.82) is 0 Å². The molecule has 19 heavy (non-hydrogen) atoms. The van der Waals surface area contributed by atoms with Gasteiger partial charge in [-0.3, -0.25) is 0 Å². The number of hydrogen-bond donors (Lipinski definition) is 1. The molecule has 6 nitrogen and oxygen atoms in total. The van der Waals surface area contributed by atoms with E-state index >= 15 is 0 Å². The van der Waals surface area contributed by atoms with E-state index in [0.717, 1.165) is 0 Å². The fraction of sp³-hybridized carbons (Fsp3) is 0.273. The van der Waals surface area contributed by atoms with Crippen LogP contribution in [-0.2, 0) is 6.54 Å². The summed E-state index contributed by atoms with van der Waals surface area (Å²) in [5.74, 6) is -0.176. The Kier molecular flexibility index (Phi) is 4.01. The van der Waals surface area contributed by atoms with Crippen molar-refractivity contribution >= 4 is 15.9 Å². The van der Waals surface area contributed by atoms with E-state index in [2.05, 4.69) is 26.1 Å². The minimum atomic E-state index is -0.645. The molecule has 0 amide bonds. The smallest absolute Gasteiger partial charge is 0.240 e. The van der Waals surface area contributed by atoms with Crippen molar-refractivity contribution in [3.8, 4) is 22.9 Å². The molecule has 0 unspecified atom stereocenters. The number of aromatic nitrogens is 2. The molecule has 2 rings (SSSR count). The molecule has 0 aliphatic heterocycles. The average molecular weight is 332 g/mol. The first-order valence-corrected chi connectivity index (χ1v) is 6.04. The van der Waals surface area contributed by atoms with E-state index in [1.807, 2.05) is 0 Å². The van der Waals surface area contributed by atoms with Gasteiger partial charge in [-0.05, 0) is 22.0 Å². The third-order valence-electron chi connectivity index (χ3n) is 2.42. The highest BCUT2D eigenvalue weighted by Crippen LogP contribution is 2.40. The maximum absolute atomic E-state index is 14.2. The van der Waals surface area contributed by atoms with Gasteiger partial charge < -0.3 is 19.7 Å². The van der Waals surface area contributed by atoms with E-state index in [1.165, 1.54) is 14.2 Å². The van der Waals surface area contributed by atoms with Crippen LogP contribution in [0.3, 0.4) is 0 Å². The van der Waals surface area contributed by atoms with Crippen LogP contribution in [0.4, 0.5) is 4.39 Å². The van der Waals surface area contributed by atoms with Gasteiger partial charge in [-0.25, -0.2) is 0 Å². The molecule has 102 valence electrons. The summed E-state index contributed by atoms with van der Waals surface area (Å²) < 4.78 is 29.5. The minimum Gasteiger partial charge on any atom is -0.493 e. The summed E-state index contributed by atoms with van der Waals surface area (Å²) in [5.41, 5.74) is 5.73. The first kappa shape index (κ1) is 13.8. The largest absolute Gasteiger partial charge is 0.493 e. The molecule has 1 aromatic carbocycles. The Morgan fingerprint density at radius 2 is 2.05 bits per heavy atom. The lowest BCUT2D eigenvalue weighted by molar-refractivity contribution is 0.349. The monoisotopic (exact) mass is 331 g/mol. The molecule has 0 atom stereocenters. The lowest BCUT2D eigenvalue weighted by atomic mass is 10.1. The van der Waals surface area contributed by atoms with Gasteiger partial charge in [0.15, 0.2) is 11.5 Å². The standard InChI is InChI=1S/C11H11BrFN3O3/c1-17-9-5(11-15-7(4-14)19-16-11)3-6(12)10(18-2)8(9)13/h3H,4,14H2,1-2H3. The molecule has 1 heterocycles. The highest BCUT2D eigenvalue weighted by molar-refractivity contribution is 9.10. The van der Waals surface area contributed by atoms with Crippen molar-refractivity contribution in [2.45, 2.75) is 6.54 Å². The molecule has 8 heteroatoms. The summed E-state index contributed by atoms with van der Waals surface area (Å²) in [7, 11) is 2.71. The van der Waals surface area contributed by atoms with Gasteiger partial charge in [0.05, 0.1) is 30.8 Å². The molecule has 0 aliphatic rings. The first-order chi connectivity index (χ1) is 9.12. The lowest BCUT2D eigenvalue weighted by Gasteiger charge is -2.11. The van der Waals surface area contributed by atoms with Crippen LogP contribution in [0.15, 0.2) is 15.1 Å². The van der Waals surface area contributed by atoms with Crippen LogP contribution in [0.1, 0.15) is 5.89 Å². The van der Waals surface area contributed by atoms with Crippen LogP contribution in [0, 0.1) is 5.82 Å². The Hall–Kier alpha value is -1.67. The fourth-order valence-electron chi connectivity index (χ4n) is 1.58. The maximum Gasteiger partial charge on any atom is 0.240 e. The number of hydrogen-bond acceptors (Lipinski definition) is 6. The molecular formula is C11H11BrFN3O3. The Morgan fingerprint density at radius 1 is 1.37 bits per heavy atom. The summed E-state index contributed by atoms with van der Waals surface area (Å²) in [4.78, 5) is 4.03. The summed E-state index contributed by atoms with van der Waals surface area (Å²) in [6, 6.07) is 1.59. The second kappa shape index (κ2) is 5.54. The van der Waals surface area contributed by atoms with E-state index < -0.39 is 5.82 Å². The number of halogens is 2. The van der Waals surface area contributed by atoms with Gasteiger partial charge in [-0.15, -0.1) is 0 Å². The molecule has 2 aromatic rings. The zero-order valence-electron chi connectivity index (χ0n) is 10.2. The average Bonchev–Trinajstić information content (AvgIpc) is 2.87. The summed E-state index contributed by atoms with van der Waals surface area (Å²) in [5, 5.41) is 3.73. The van der Waals surface area contributed by atoms with Crippen LogP contribution in [0.25, 0.3) is 11.4 Å². The molecule has 1 aromatic heterocycles. The van der Waals surface area contributed by atoms with Crippen LogP contribution in [0.2, 0.25) is 0 Å². The van der Waals surface area contributed by atoms with Crippen molar-refractivity contribution in [3.63, 3.8) is 0 Å². The zero-order chi connectivity index (χ0) is 14.0. The van der Waals surface area contributed by atoms with Crippen LogP contribution in [-0.4, -0.2) is 24.4 Å². The van der Waals surface area contributed by atoms with Gasteiger partial charge in [0, 0.05) is 0 Å². The molecule has 2 N–H and O–H groups in total. The van der Waals surface area contributed by atoms with Crippen LogP contribution >= 0.6 is 15.9 Å². The normalized spacial score (nSPS) is 10.6. The molecule has 0 fully saturated rings. The van der Waals surface area contributed by atoms with E-state index in [1.54, 1.807) is 6.07 Å². The molecule has 0 aliphatic carbocycles. The Morgan fingerprint density at radius 3 is 2.58 bits per heavy atom. The third-order valence-corrected chi connectivity index (χ3v) is 3.01. The first-order valence-electron chi connectivity index (χ1n) is 5.25. The minimum absolute atomic E-state index is 0.0237. The third kappa shape index (κ3) is 2.41. The van der Waals surface area contributed by atoms with Crippen molar-refractivity contribution in [3.05, 3.63) is 22.2 Å². The van der Waals surface area contributed by atoms with Crippen molar-refractivity contribution in [1.82, 2.24) is 10.1 Å². The van der Waals surface area contributed by atoms with Crippen molar-refractivity contribution in [2.24, 2.45) is 5.73 Å². The molecule has 0 radical (unpaired) electrons. The van der Waals surface area contributed by atoms with E-state index in [4.69, 9.17) is 19.7 Å². The number of ether oxygens (including phenoxy) is 2. The SMILES string of the molecule is COc1c(Br)cc(-c2noc(CN)n2)c(OC)c1F. The van der Waals surface area contributed by atoms with Crippen LogP contribution < -0.4 is 15.2 Å². The predicted molar refractivity (Wildman–Crippen MR) is 68.4 cm³/mol. The molecule has 0 saturated carbocycles. The van der Waals surface area contributed by atoms with E-state index in [0.29, 0.717) is 10.0 Å². The number of nitrogens with two attached hydrogens (primary N) is 1. The van der Waals surface area contributed by atoms with Gasteiger partial charge in [0.1, 0.15) is 0 Å². The van der Waals surface area contributed by atoms with Gasteiger partial charge in [-0.2, -0.15) is 9.37 Å². The predicted octanol–water partition coefficient (Wildman–Crippen LogP) is 2.11. The maximum atomic E-state index is 14.2. The molecule has 0 bridgehead atoms. The number of nitrogens with zero attached hydrogens (tertiary/aromatic N) is 2. The van der Waals surface area contributed by atoms with Crippen molar-refractivity contribution < 1.29 is 18.4 Å². The van der Waals surface area contributed by atoms with Crippen molar-refractivity contribution in [2.75, 3.05) is 14.2 Å². The number of rotatable bonds is 4. The van der Waals surface area contributed by atoms with Gasteiger partial charge in [0.25, 0.3) is 0 Å². The fourth-order valence-corrected chi connectivity index (χ4v) is 2.15. The topological polar surface area (TPSA) is 83.4 Å². The van der Waals surface area contributed by atoms with Gasteiger partial charge in [0.2, 0.25) is 17.5 Å². The molecular weight excluding hydrogens is 321 g/mol. The molecule has 0 spiro atoms. The lowest BCUT2D eigenvalue weighted by Crippen LogP contribution is -1.99. The van der Waals surface area contributed by atoms with E-state index in [9.17, 15) is 4.39 Å². The molecule has 0 saturated heterocycles. The second-order valence-corrected chi connectivity index (χ2v) is 4.36. The van der Waals surface area contributed by atoms with Gasteiger partial charge in [-0.1, -0.05) is 5.16 Å². The summed E-state index contributed by atoms with van der Waals surface area (Å²) in [6.07, 6.45) is 0. The highest BCUT2D eigenvalue weighted by atomic mass is 79.9.